The summed E-state index contributed by atoms with van der Waals surface area (Å²) in [6, 6.07) is 8.30. The average molecular weight is 175 g/mol. The summed E-state index contributed by atoms with van der Waals surface area (Å²) in [5.41, 5.74) is 9.25. The molecule has 0 spiro atoms. The standard InChI is InChI=1S/C11H13NO/c12-7-9-2-1-3-10(6-9)11-4-5-13-8-11/h1-4,6H,5,7-8,12H2. The summed E-state index contributed by atoms with van der Waals surface area (Å²) in [7, 11) is 0. The monoisotopic (exact) mass is 175 g/mol. The lowest BCUT2D eigenvalue weighted by Crippen LogP contribution is -1.97. The number of benzene rings is 1. The van der Waals surface area contributed by atoms with Gasteiger partial charge in [0.2, 0.25) is 0 Å². The van der Waals surface area contributed by atoms with Crippen molar-refractivity contribution in [2.75, 3.05) is 13.2 Å². The Bertz CT molecular complexity index is 331. The van der Waals surface area contributed by atoms with Gasteiger partial charge in [-0.2, -0.15) is 0 Å². The molecule has 2 N–H and O–H groups in total. The number of rotatable bonds is 2. The van der Waals surface area contributed by atoms with Crippen LogP contribution in [0, 0.1) is 0 Å². The zero-order valence-electron chi connectivity index (χ0n) is 7.49. The van der Waals surface area contributed by atoms with Crippen molar-refractivity contribution < 1.29 is 4.74 Å². The maximum Gasteiger partial charge on any atom is 0.0724 e. The van der Waals surface area contributed by atoms with E-state index in [9.17, 15) is 0 Å². The Balaban J connectivity index is 2.29. The van der Waals surface area contributed by atoms with Crippen LogP contribution in [-0.4, -0.2) is 13.2 Å². The van der Waals surface area contributed by atoms with Crippen LogP contribution in [0.1, 0.15) is 11.1 Å². The van der Waals surface area contributed by atoms with Gasteiger partial charge in [0.25, 0.3) is 0 Å². The van der Waals surface area contributed by atoms with E-state index < -0.39 is 0 Å². The van der Waals surface area contributed by atoms with Crippen LogP contribution in [0.2, 0.25) is 0 Å². The topological polar surface area (TPSA) is 35.2 Å². The Hall–Kier alpha value is -1.12. The van der Waals surface area contributed by atoms with Gasteiger partial charge in [0.15, 0.2) is 0 Å². The Morgan fingerprint density at radius 2 is 2.31 bits per heavy atom. The average Bonchev–Trinajstić information content (AvgIpc) is 2.71. The number of hydrogen-bond acceptors (Lipinski definition) is 2. The Labute approximate surface area is 78.0 Å². The minimum atomic E-state index is 0.599. The smallest absolute Gasteiger partial charge is 0.0724 e. The molecule has 0 amide bonds. The zero-order chi connectivity index (χ0) is 9.10. The minimum Gasteiger partial charge on any atom is -0.373 e. The molecule has 0 aromatic heterocycles. The third-order valence-electron chi connectivity index (χ3n) is 2.24. The van der Waals surface area contributed by atoms with Gasteiger partial charge in [-0.15, -0.1) is 0 Å². The number of ether oxygens (including phenoxy) is 1. The van der Waals surface area contributed by atoms with Gasteiger partial charge in [0, 0.05) is 6.54 Å². The van der Waals surface area contributed by atoms with E-state index in [1.807, 2.05) is 12.1 Å². The van der Waals surface area contributed by atoms with Crippen LogP contribution in [0.5, 0.6) is 0 Å². The van der Waals surface area contributed by atoms with Gasteiger partial charge in [-0.1, -0.05) is 30.3 Å². The van der Waals surface area contributed by atoms with Crippen LogP contribution < -0.4 is 5.73 Å². The second kappa shape index (κ2) is 3.73. The predicted molar refractivity (Wildman–Crippen MR) is 53.1 cm³/mol. The molecule has 1 aliphatic rings. The van der Waals surface area contributed by atoms with Crippen LogP contribution >= 0.6 is 0 Å². The van der Waals surface area contributed by atoms with E-state index in [1.165, 1.54) is 16.7 Å². The van der Waals surface area contributed by atoms with Crippen molar-refractivity contribution in [1.82, 2.24) is 0 Å². The summed E-state index contributed by atoms with van der Waals surface area (Å²) in [6.07, 6.45) is 2.12. The molecule has 1 heterocycles. The lowest BCUT2D eigenvalue weighted by molar-refractivity contribution is 0.216. The zero-order valence-corrected chi connectivity index (χ0v) is 7.49. The molecule has 0 saturated heterocycles. The summed E-state index contributed by atoms with van der Waals surface area (Å²) in [6.45, 7) is 2.07. The molecule has 1 aromatic carbocycles. The summed E-state index contributed by atoms with van der Waals surface area (Å²) in [4.78, 5) is 0. The molecule has 0 radical (unpaired) electrons. The van der Waals surface area contributed by atoms with Gasteiger partial charge in [0.05, 0.1) is 13.2 Å². The highest BCUT2D eigenvalue weighted by Crippen LogP contribution is 2.19. The highest BCUT2D eigenvalue weighted by Gasteiger charge is 2.06. The van der Waals surface area contributed by atoms with Crippen molar-refractivity contribution in [3.8, 4) is 0 Å². The third-order valence-corrected chi connectivity index (χ3v) is 2.24. The van der Waals surface area contributed by atoms with Gasteiger partial charge in [-0.05, 0) is 16.7 Å². The lowest BCUT2D eigenvalue weighted by atomic mass is 10.0. The van der Waals surface area contributed by atoms with E-state index in [1.54, 1.807) is 0 Å². The Kier molecular flexibility index (Phi) is 2.43. The summed E-state index contributed by atoms with van der Waals surface area (Å²) in [5, 5.41) is 0. The molecule has 0 fully saturated rings. The molecule has 0 saturated carbocycles. The SMILES string of the molecule is NCc1cccc(C2=CCOC2)c1. The second-order valence-electron chi connectivity index (χ2n) is 3.15. The van der Waals surface area contributed by atoms with Gasteiger partial charge >= 0.3 is 0 Å². The second-order valence-corrected chi connectivity index (χ2v) is 3.15. The van der Waals surface area contributed by atoms with Crippen LogP contribution in [0.25, 0.3) is 5.57 Å². The van der Waals surface area contributed by atoms with Crippen molar-refractivity contribution >= 4 is 5.57 Å². The molecule has 68 valence electrons. The molecule has 0 aliphatic carbocycles. The van der Waals surface area contributed by atoms with Gasteiger partial charge < -0.3 is 10.5 Å². The number of hydrogen-bond donors (Lipinski definition) is 1. The first-order valence-corrected chi connectivity index (χ1v) is 4.46. The molecule has 0 unspecified atom stereocenters. The van der Waals surface area contributed by atoms with Crippen molar-refractivity contribution in [2.24, 2.45) is 5.73 Å². The van der Waals surface area contributed by atoms with Crippen molar-refractivity contribution in [3.05, 3.63) is 41.5 Å². The first-order chi connectivity index (χ1) is 6.40. The third kappa shape index (κ3) is 1.79. The van der Waals surface area contributed by atoms with E-state index in [-0.39, 0.29) is 0 Å². The van der Waals surface area contributed by atoms with E-state index in [2.05, 4.69) is 18.2 Å². The normalized spacial score (nSPS) is 15.9. The fourth-order valence-corrected chi connectivity index (χ4v) is 1.49. The first-order valence-electron chi connectivity index (χ1n) is 4.46. The van der Waals surface area contributed by atoms with Crippen LogP contribution in [0.4, 0.5) is 0 Å². The first kappa shape index (κ1) is 8.48. The minimum absolute atomic E-state index is 0.599. The molecule has 1 aromatic rings. The van der Waals surface area contributed by atoms with Gasteiger partial charge in [-0.25, -0.2) is 0 Å². The predicted octanol–water partition coefficient (Wildman–Crippen LogP) is 1.56. The largest absolute Gasteiger partial charge is 0.373 e. The van der Waals surface area contributed by atoms with E-state index >= 15 is 0 Å². The molecule has 1 aliphatic heterocycles. The fraction of sp³-hybridized carbons (Fsp3) is 0.273. The van der Waals surface area contributed by atoms with Crippen LogP contribution in [0.3, 0.4) is 0 Å². The Morgan fingerprint density at radius 3 is 3.00 bits per heavy atom. The highest BCUT2D eigenvalue weighted by molar-refractivity contribution is 5.68. The summed E-state index contributed by atoms with van der Waals surface area (Å²) >= 11 is 0. The molecular weight excluding hydrogens is 162 g/mol. The van der Waals surface area contributed by atoms with Crippen molar-refractivity contribution in [2.45, 2.75) is 6.54 Å². The van der Waals surface area contributed by atoms with Gasteiger partial charge in [-0.3, -0.25) is 0 Å². The van der Waals surface area contributed by atoms with E-state index in [0.29, 0.717) is 6.54 Å². The van der Waals surface area contributed by atoms with Crippen LogP contribution in [0.15, 0.2) is 30.3 Å². The van der Waals surface area contributed by atoms with Gasteiger partial charge in [0.1, 0.15) is 0 Å². The molecule has 2 rings (SSSR count). The molecule has 2 nitrogen and oxygen atoms in total. The summed E-state index contributed by atoms with van der Waals surface area (Å²) in [5.74, 6) is 0. The highest BCUT2D eigenvalue weighted by atomic mass is 16.5. The van der Waals surface area contributed by atoms with Crippen LogP contribution in [-0.2, 0) is 11.3 Å². The maximum atomic E-state index is 5.57. The number of nitrogens with two attached hydrogens (primary N) is 1. The maximum absolute atomic E-state index is 5.57. The molecule has 0 bridgehead atoms. The quantitative estimate of drug-likeness (QED) is 0.740. The van der Waals surface area contributed by atoms with E-state index in [4.69, 9.17) is 10.5 Å². The molecule has 0 atom stereocenters. The van der Waals surface area contributed by atoms with Crippen molar-refractivity contribution in [1.29, 1.82) is 0 Å². The molecule has 13 heavy (non-hydrogen) atoms. The van der Waals surface area contributed by atoms with E-state index in [0.717, 1.165) is 13.2 Å². The van der Waals surface area contributed by atoms with Crippen molar-refractivity contribution in [3.63, 3.8) is 0 Å². The fourth-order valence-electron chi connectivity index (χ4n) is 1.49. The molecular formula is C11H13NO. The molecule has 2 heteroatoms. The Morgan fingerprint density at radius 1 is 1.38 bits per heavy atom. The summed E-state index contributed by atoms with van der Waals surface area (Å²) < 4.78 is 5.26. The lowest BCUT2D eigenvalue weighted by Gasteiger charge is -2.03.